The first-order valence-corrected chi connectivity index (χ1v) is 13.1. The number of primary sulfonamides is 1. The van der Waals surface area contributed by atoms with E-state index in [9.17, 15) is 28.4 Å². The van der Waals surface area contributed by atoms with Gasteiger partial charge in [0.25, 0.3) is 5.78 Å². The average molecular weight is 616 g/mol. The fourth-order valence-corrected chi connectivity index (χ4v) is 6.39. The molecule has 34 heavy (non-hydrogen) atoms. The third-order valence-corrected chi connectivity index (χ3v) is 7.98. The molecule has 180 valence electrons. The molecule has 1 aliphatic carbocycles. The second kappa shape index (κ2) is 9.61. The van der Waals surface area contributed by atoms with Gasteiger partial charge in [-0.1, -0.05) is 26.0 Å². The van der Waals surface area contributed by atoms with E-state index >= 15 is 0 Å². The molecule has 0 heterocycles. The number of nitrogens with zero attached hydrogens (tertiary/aromatic N) is 1. The first kappa shape index (κ1) is 26.1. The van der Waals surface area contributed by atoms with Gasteiger partial charge < -0.3 is 9.84 Å². The molecule has 3 rings (SSSR count). The highest BCUT2D eigenvalue weighted by molar-refractivity contribution is 9.12. The van der Waals surface area contributed by atoms with Crippen LogP contribution in [0.3, 0.4) is 0 Å². The summed E-state index contributed by atoms with van der Waals surface area (Å²) in [5.74, 6) is -0.513. The summed E-state index contributed by atoms with van der Waals surface area (Å²) in [5, 5.41) is 26.2. The molecule has 2 aromatic rings. The number of benzene rings is 2. The smallest absolute Gasteiger partial charge is 0.345 e. The highest BCUT2D eigenvalue weighted by Crippen LogP contribution is 2.45. The van der Waals surface area contributed by atoms with Crippen molar-refractivity contribution in [2.24, 2.45) is 5.14 Å². The summed E-state index contributed by atoms with van der Waals surface area (Å²) in [7, 11) is -4.11. The van der Waals surface area contributed by atoms with Crippen LogP contribution in [0.2, 0.25) is 0 Å². The van der Waals surface area contributed by atoms with Crippen molar-refractivity contribution in [3.8, 4) is 17.2 Å². The number of ketones is 1. The molecular formula is C22H20Br2N2O7S. The van der Waals surface area contributed by atoms with Gasteiger partial charge in [-0.25, -0.2) is 13.6 Å². The van der Waals surface area contributed by atoms with Gasteiger partial charge in [0.1, 0.15) is 22.5 Å². The molecule has 0 radical (unpaired) electrons. The maximum Gasteiger partial charge on any atom is 0.345 e. The average Bonchev–Trinajstić information content (AvgIpc) is 2.74. The summed E-state index contributed by atoms with van der Waals surface area (Å²) in [6.07, 6.45) is 2.03. The van der Waals surface area contributed by atoms with E-state index in [0.717, 1.165) is 12.2 Å². The summed E-state index contributed by atoms with van der Waals surface area (Å²) in [6, 6.07) is 10.6. The summed E-state index contributed by atoms with van der Waals surface area (Å²) in [4.78, 5) is 25.2. The van der Waals surface area contributed by atoms with Gasteiger partial charge in [-0.2, -0.15) is 0 Å². The molecule has 12 heteroatoms. The Morgan fingerprint density at radius 3 is 2.29 bits per heavy atom. The van der Waals surface area contributed by atoms with Gasteiger partial charge in [0.2, 0.25) is 10.0 Å². The largest absolute Gasteiger partial charge is 0.508 e. The lowest BCUT2D eigenvalue weighted by Crippen LogP contribution is -2.50. The molecule has 0 aliphatic heterocycles. The van der Waals surface area contributed by atoms with E-state index in [4.69, 9.17) is 9.88 Å². The molecule has 0 fully saturated rings. The Labute approximate surface area is 212 Å². The fourth-order valence-electron chi connectivity index (χ4n) is 3.48. The van der Waals surface area contributed by atoms with Crippen LogP contribution in [0.15, 0.2) is 63.6 Å². The maximum atomic E-state index is 13.7. The molecule has 0 aromatic heterocycles. The van der Waals surface area contributed by atoms with Crippen molar-refractivity contribution < 1.29 is 28.0 Å². The Morgan fingerprint density at radius 1 is 1.18 bits per heavy atom. The van der Waals surface area contributed by atoms with Gasteiger partial charge in [0.05, 0.1) is 14.5 Å². The normalized spacial score (nSPS) is 20.5. The zero-order chi connectivity index (χ0) is 25.4. The minimum absolute atomic E-state index is 0.00521. The van der Waals surface area contributed by atoms with Crippen LogP contribution in [0.4, 0.5) is 0 Å². The number of hydrogen-bond acceptors (Lipinski definition) is 7. The number of phenolic OH excluding ortho intramolecular Hbond substituents is 1. The number of rotatable bonds is 7. The second-order valence-electron chi connectivity index (χ2n) is 7.85. The van der Waals surface area contributed by atoms with Crippen molar-refractivity contribution in [3.05, 3.63) is 84.8 Å². The maximum absolute atomic E-state index is 13.7. The van der Waals surface area contributed by atoms with E-state index in [1.54, 1.807) is 12.1 Å². The Hall–Kier alpha value is -2.54. The van der Waals surface area contributed by atoms with Crippen LogP contribution < -0.4 is 9.88 Å². The molecule has 0 bridgehead atoms. The van der Waals surface area contributed by atoms with Crippen molar-refractivity contribution in [1.82, 2.24) is 0 Å². The van der Waals surface area contributed by atoms with Gasteiger partial charge >= 0.3 is 5.54 Å². The number of nitro groups is 1. The van der Waals surface area contributed by atoms with Gasteiger partial charge in [-0.3, -0.25) is 14.9 Å². The van der Waals surface area contributed by atoms with Crippen molar-refractivity contribution in [1.29, 1.82) is 0 Å². The monoisotopic (exact) mass is 614 g/mol. The van der Waals surface area contributed by atoms with Crippen LogP contribution in [-0.2, 0) is 10.0 Å². The van der Waals surface area contributed by atoms with E-state index < -0.39 is 31.5 Å². The zero-order valence-electron chi connectivity index (χ0n) is 17.9. The van der Waals surface area contributed by atoms with E-state index in [-0.39, 0.29) is 31.9 Å². The molecule has 0 atom stereocenters. The first-order chi connectivity index (χ1) is 15.8. The van der Waals surface area contributed by atoms with Crippen LogP contribution >= 0.6 is 31.9 Å². The van der Waals surface area contributed by atoms with Gasteiger partial charge in [-0.05, 0) is 80.3 Å². The lowest BCUT2D eigenvalue weighted by Gasteiger charge is -2.28. The minimum atomic E-state index is -4.11. The van der Waals surface area contributed by atoms with Crippen LogP contribution in [0.25, 0.3) is 0 Å². The van der Waals surface area contributed by atoms with Gasteiger partial charge in [-0.15, -0.1) is 0 Å². The molecule has 3 N–H and O–H groups in total. The number of Topliss-reactive ketones (excluding diaryl/α,β-unsaturated/α-hetero) is 1. The summed E-state index contributed by atoms with van der Waals surface area (Å²) < 4.78 is 28.9. The number of carbonyl (C=O) groups is 1. The standard InChI is InChI=1S/C22H20Br2N2O7S/c1-12(2)16-9-13(7-8-17(16)27)33-18-6-4-3-5-15(18)21(28)22(26(29)30)19(23)10-14(11-20(22)24)34(25,31)32/h3-12,14,27H,1-2H3,(H2,25,31,32). The Kier molecular flexibility index (Phi) is 7.37. The number of carbonyl (C=O) groups excluding carboxylic acids is 1. The molecule has 0 saturated carbocycles. The molecule has 0 amide bonds. The number of sulfonamides is 1. The number of para-hydroxylation sites is 1. The molecular weight excluding hydrogens is 596 g/mol. The molecule has 0 unspecified atom stereocenters. The Bertz CT molecular complexity index is 1320. The van der Waals surface area contributed by atoms with E-state index in [0.29, 0.717) is 11.3 Å². The number of ether oxygens (including phenoxy) is 1. The summed E-state index contributed by atoms with van der Waals surface area (Å²) in [5.41, 5.74) is -1.96. The van der Waals surface area contributed by atoms with Crippen molar-refractivity contribution in [2.45, 2.75) is 30.6 Å². The first-order valence-electron chi connectivity index (χ1n) is 9.86. The van der Waals surface area contributed by atoms with Crippen LogP contribution in [0, 0.1) is 10.1 Å². The van der Waals surface area contributed by atoms with Gasteiger partial charge in [0, 0.05) is 10.5 Å². The predicted molar refractivity (Wildman–Crippen MR) is 134 cm³/mol. The fraction of sp³-hybridized carbons (Fsp3) is 0.227. The van der Waals surface area contributed by atoms with Crippen LogP contribution in [0.5, 0.6) is 17.2 Å². The summed E-state index contributed by atoms with van der Waals surface area (Å²) >= 11 is 6.10. The molecule has 2 aromatic carbocycles. The lowest BCUT2D eigenvalue weighted by atomic mass is 9.85. The topological polar surface area (TPSA) is 150 Å². The van der Waals surface area contributed by atoms with Crippen molar-refractivity contribution in [3.63, 3.8) is 0 Å². The van der Waals surface area contributed by atoms with Crippen molar-refractivity contribution >= 4 is 47.7 Å². The number of halogens is 2. The second-order valence-corrected chi connectivity index (χ2v) is 11.3. The van der Waals surface area contributed by atoms with Crippen LogP contribution in [0.1, 0.15) is 35.7 Å². The highest BCUT2D eigenvalue weighted by Gasteiger charge is 2.59. The molecule has 0 spiro atoms. The third kappa shape index (κ3) is 4.67. The summed E-state index contributed by atoms with van der Waals surface area (Å²) in [6.45, 7) is 3.78. The highest BCUT2D eigenvalue weighted by atomic mass is 79.9. The quantitative estimate of drug-likeness (QED) is 0.259. The van der Waals surface area contributed by atoms with Crippen molar-refractivity contribution in [2.75, 3.05) is 0 Å². The van der Waals surface area contributed by atoms with E-state index in [1.165, 1.54) is 30.3 Å². The molecule has 9 nitrogen and oxygen atoms in total. The number of nitrogens with two attached hydrogens (primary N) is 1. The predicted octanol–water partition coefficient (Wildman–Crippen LogP) is 4.73. The SMILES string of the molecule is CC(C)c1cc(Oc2ccccc2C(=O)C2([N+](=O)[O-])C(Br)=CC(S(N)(=O)=O)C=C2Br)ccc1O. The zero-order valence-corrected chi connectivity index (χ0v) is 21.9. The molecule has 1 aliphatic rings. The lowest BCUT2D eigenvalue weighted by molar-refractivity contribution is -0.523. The number of phenols is 1. The van der Waals surface area contributed by atoms with E-state index in [1.807, 2.05) is 13.8 Å². The van der Waals surface area contributed by atoms with Crippen LogP contribution in [-0.4, -0.2) is 35.0 Å². The van der Waals surface area contributed by atoms with E-state index in [2.05, 4.69) is 31.9 Å². The Morgan fingerprint density at radius 2 is 1.76 bits per heavy atom. The number of hydrogen-bond donors (Lipinski definition) is 2. The Balaban J connectivity index is 2.11. The van der Waals surface area contributed by atoms with Gasteiger partial charge in [0.15, 0.2) is 0 Å². The number of aromatic hydroxyl groups is 1. The molecule has 0 saturated heterocycles. The minimum Gasteiger partial charge on any atom is -0.508 e. The third-order valence-electron chi connectivity index (χ3n) is 5.27.